The summed E-state index contributed by atoms with van der Waals surface area (Å²) in [5.41, 5.74) is 0.574. The van der Waals surface area contributed by atoms with Crippen molar-refractivity contribution in [2.45, 2.75) is 13.1 Å². The lowest BCUT2D eigenvalue weighted by Crippen LogP contribution is -2.21. The molecule has 0 bridgehead atoms. The Labute approximate surface area is 94.5 Å². The van der Waals surface area contributed by atoms with Crippen LogP contribution in [0, 0.1) is 0 Å². The minimum absolute atomic E-state index is 0.159. The predicted octanol–water partition coefficient (Wildman–Crippen LogP) is 1.07. The number of nitrogens with zero attached hydrogens (tertiary/aromatic N) is 4. The molecule has 0 fully saturated rings. The summed E-state index contributed by atoms with van der Waals surface area (Å²) in [5.74, 6) is -0.769. The summed E-state index contributed by atoms with van der Waals surface area (Å²) in [6.45, 7) is 1.14. The minimum atomic E-state index is -1.61. The quantitative estimate of drug-likeness (QED) is 0.801. The Balaban J connectivity index is 2.42. The maximum Gasteiger partial charge on any atom is 0.258 e. The zero-order valence-electron chi connectivity index (χ0n) is 8.19. The van der Waals surface area contributed by atoms with E-state index in [2.05, 4.69) is 20.5 Å². The number of amides is 1. The van der Waals surface area contributed by atoms with E-state index in [1.807, 2.05) is 0 Å². The minimum Gasteiger partial charge on any atom is -0.319 e. The van der Waals surface area contributed by atoms with Gasteiger partial charge in [-0.1, -0.05) is 0 Å². The third kappa shape index (κ3) is 1.81. The van der Waals surface area contributed by atoms with E-state index < -0.39 is 12.1 Å². The fourth-order valence-electron chi connectivity index (χ4n) is 1.11. The number of alkyl halides is 1. The van der Waals surface area contributed by atoms with Gasteiger partial charge < -0.3 is 5.32 Å². The van der Waals surface area contributed by atoms with Crippen molar-refractivity contribution < 1.29 is 9.18 Å². The Morgan fingerprint density at radius 3 is 3.12 bits per heavy atom. The summed E-state index contributed by atoms with van der Waals surface area (Å²) < 4.78 is 14.1. The van der Waals surface area contributed by atoms with E-state index >= 15 is 0 Å². The average molecular weight is 244 g/mol. The van der Waals surface area contributed by atoms with Gasteiger partial charge in [0, 0.05) is 0 Å². The number of carbonyl (C=O) groups is 1. The van der Waals surface area contributed by atoms with Gasteiger partial charge in [-0.3, -0.25) is 9.20 Å². The topological polar surface area (TPSA) is 72.2 Å². The molecule has 1 atom stereocenters. The first kappa shape index (κ1) is 10.7. The first-order valence-corrected chi connectivity index (χ1v) is 4.76. The highest BCUT2D eigenvalue weighted by molar-refractivity contribution is 6.28. The van der Waals surface area contributed by atoms with Crippen molar-refractivity contribution in [3.8, 4) is 0 Å². The summed E-state index contributed by atoms with van der Waals surface area (Å²) in [6.07, 6.45) is 1.03. The molecule has 0 aliphatic carbocycles. The molecular formula is C8H7ClFN5O. The number of halogens is 2. The van der Waals surface area contributed by atoms with Crippen LogP contribution in [0.25, 0.3) is 5.65 Å². The van der Waals surface area contributed by atoms with Gasteiger partial charge in [-0.15, -0.1) is 10.2 Å². The Morgan fingerprint density at radius 2 is 2.44 bits per heavy atom. The van der Waals surface area contributed by atoms with E-state index in [0.29, 0.717) is 5.65 Å². The van der Waals surface area contributed by atoms with Gasteiger partial charge in [0.15, 0.2) is 11.8 Å². The van der Waals surface area contributed by atoms with Crippen molar-refractivity contribution in [2.75, 3.05) is 5.32 Å². The van der Waals surface area contributed by atoms with Crippen molar-refractivity contribution in [1.82, 2.24) is 19.6 Å². The monoisotopic (exact) mass is 243 g/mol. The average Bonchev–Trinajstić information content (AvgIpc) is 2.71. The standard InChI is InChI=1S/C8H7ClFN5O/c1-4(10)7(16)13-5-2-11-8(9)15-3-12-14-6(5)15/h2-4H,1H3,(H,13,16). The van der Waals surface area contributed by atoms with Crippen LogP contribution in [0.1, 0.15) is 6.92 Å². The number of hydrogen-bond acceptors (Lipinski definition) is 4. The number of aromatic nitrogens is 4. The summed E-state index contributed by atoms with van der Waals surface area (Å²) in [4.78, 5) is 15.0. The molecule has 0 aromatic carbocycles. The molecule has 2 aromatic rings. The second-order valence-electron chi connectivity index (χ2n) is 3.07. The van der Waals surface area contributed by atoms with Crippen molar-refractivity contribution in [3.05, 3.63) is 17.8 Å². The highest BCUT2D eigenvalue weighted by Crippen LogP contribution is 2.17. The van der Waals surface area contributed by atoms with Gasteiger partial charge >= 0.3 is 0 Å². The molecule has 0 aliphatic rings. The second-order valence-corrected chi connectivity index (χ2v) is 3.41. The van der Waals surface area contributed by atoms with Crippen LogP contribution in [-0.4, -0.2) is 31.7 Å². The van der Waals surface area contributed by atoms with Crippen LogP contribution in [0.3, 0.4) is 0 Å². The van der Waals surface area contributed by atoms with Crippen molar-refractivity contribution in [1.29, 1.82) is 0 Å². The van der Waals surface area contributed by atoms with E-state index in [9.17, 15) is 9.18 Å². The third-order valence-corrected chi connectivity index (χ3v) is 2.19. The smallest absolute Gasteiger partial charge is 0.258 e. The number of nitrogens with one attached hydrogen (secondary N) is 1. The fourth-order valence-corrected chi connectivity index (χ4v) is 1.28. The molecule has 1 N–H and O–H groups in total. The van der Waals surface area contributed by atoms with Crippen LogP contribution in [0.15, 0.2) is 12.5 Å². The van der Waals surface area contributed by atoms with E-state index in [-0.39, 0.29) is 11.0 Å². The van der Waals surface area contributed by atoms with Crippen LogP contribution < -0.4 is 5.32 Å². The number of carbonyl (C=O) groups excluding carboxylic acids is 1. The molecule has 0 aliphatic heterocycles. The molecule has 2 rings (SSSR count). The Bertz CT molecular complexity index is 540. The molecule has 1 amide bonds. The molecule has 2 heterocycles. The lowest BCUT2D eigenvalue weighted by atomic mass is 10.4. The molecule has 16 heavy (non-hydrogen) atoms. The Kier molecular flexibility index (Phi) is 2.69. The Hall–Kier alpha value is -1.76. The lowest BCUT2D eigenvalue weighted by Gasteiger charge is -2.06. The maximum atomic E-state index is 12.7. The zero-order chi connectivity index (χ0) is 11.7. The molecule has 6 nitrogen and oxygen atoms in total. The lowest BCUT2D eigenvalue weighted by molar-refractivity contribution is -0.120. The number of fused-ring (bicyclic) bond motifs is 1. The summed E-state index contributed by atoms with van der Waals surface area (Å²) in [6, 6.07) is 0. The highest BCUT2D eigenvalue weighted by Gasteiger charge is 2.14. The molecule has 1 unspecified atom stereocenters. The van der Waals surface area contributed by atoms with Gasteiger partial charge in [-0.25, -0.2) is 9.37 Å². The van der Waals surface area contributed by atoms with Crippen LogP contribution in [0.4, 0.5) is 10.1 Å². The normalized spacial score (nSPS) is 12.7. The molecule has 8 heteroatoms. The molecule has 0 saturated carbocycles. The number of rotatable bonds is 2. The molecule has 84 valence electrons. The zero-order valence-corrected chi connectivity index (χ0v) is 8.94. The van der Waals surface area contributed by atoms with Gasteiger partial charge in [0.05, 0.1) is 6.20 Å². The fraction of sp³-hybridized carbons (Fsp3) is 0.250. The first-order chi connectivity index (χ1) is 7.59. The largest absolute Gasteiger partial charge is 0.319 e. The van der Waals surface area contributed by atoms with Gasteiger partial charge in [0.25, 0.3) is 5.91 Å². The molecular weight excluding hydrogens is 237 g/mol. The van der Waals surface area contributed by atoms with Gasteiger partial charge in [0.2, 0.25) is 5.28 Å². The maximum absolute atomic E-state index is 12.7. The SMILES string of the molecule is CC(F)C(=O)Nc1cnc(Cl)n2cnnc12. The third-order valence-electron chi connectivity index (χ3n) is 1.91. The summed E-state index contributed by atoms with van der Waals surface area (Å²) in [7, 11) is 0. The van der Waals surface area contributed by atoms with E-state index in [0.717, 1.165) is 6.92 Å². The van der Waals surface area contributed by atoms with Gasteiger partial charge in [-0.2, -0.15) is 0 Å². The molecule has 0 radical (unpaired) electrons. The highest BCUT2D eigenvalue weighted by atomic mass is 35.5. The van der Waals surface area contributed by atoms with Crippen molar-refractivity contribution >= 4 is 28.8 Å². The predicted molar refractivity (Wildman–Crippen MR) is 55.0 cm³/mol. The number of hydrogen-bond donors (Lipinski definition) is 1. The van der Waals surface area contributed by atoms with Crippen molar-refractivity contribution in [3.63, 3.8) is 0 Å². The first-order valence-electron chi connectivity index (χ1n) is 4.39. The van der Waals surface area contributed by atoms with Gasteiger partial charge in [0.1, 0.15) is 12.0 Å². The number of anilines is 1. The van der Waals surface area contributed by atoms with Crippen LogP contribution >= 0.6 is 11.6 Å². The van der Waals surface area contributed by atoms with E-state index in [1.165, 1.54) is 16.9 Å². The summed E-state index contributed by atoms with van der Waals surface area (Å²) >= 11 is 5.75. The molecule has 2 aromatic heterocycles. The van der Waals surface area contributed by atoms with Crippen LogP contribution in [-0.2, 0) is 4.79 Å². The van der Waals surface area contributed by atoms with Gasteiger partial charge in [-0.05, 0) is 18.5 Å². The summed E-state index contributed by atoms with van der Waals surface area (Å²) in [5, 5.41) is 9.86. The van der Waals surface area contributed by atoms with Crippen LogP contribution in [0.2, 0.25) is 5.28 Å². The van der Waals surface area contributed by atoms with Crippen molar-refractivity contribution in [2.24, 2.45) is 0 Å². The Morgan fingerprint density at radius 1 is 1.69 bits per heavy atom. The molecule has 0 spiro atoms. The van der Waals surface area contributed by atoms with E-state index in [1.54, 1.807) is 0 Å². The molecule has 0 saturated heterocycles. The van der Waals surface area contributed by atoms with E-state index in [4.69, 9.17) is 11.6 Å². The second kappa shape index (κ2) is 4.01. The van der Waals surface area contributed by atoms with Crippen LogP contribution in [0.5, 0.6) is 0 Å².